The van der Waals surface area contributed by atoms with Crippen molar-refractivity contribution in [3.63, 3.8) is 0 Å². The Balaban J connectivity index is 1.43. The highest BCUT2D eigenvalue weighted by atomic mass is 35.5. The van der Waals surface area contributed by atoms with Gasteiger partial charge in [0.05, 0.1) is 24.8 Å². The Kier molecular flexibility index (Phi) is 5.81. The van der Waals surface area contributed by atoms with Crippen molar-refractivity contribution in [3.05, 3.63) is 76.6 Å². The van der Waals surface area contributed by atoms with Gasteiger partial charge in [0.15, 0.2) is 5.89 Å². The normalized spacial score (nSPS) is 16.6. The molecule has 150 valence electrons. The van der Waals surface area contributed by atoms with Gasteiger partial charge in [0, 0.05) is 36.8 Å². The van der Waals surface area contributed by atoms with Crippen LogP contribution in [0, 0.1) is 0 Å². The van der Waals surface area contributed by atoms with Crippen molar-refractivity contribution in [1.82, 2.24) is 14.9 Å². The van der Waals surface area contributed by atoms with Crippen LogP contribution in [0.4, 0.5) is 0 Å². The molecule has 0 bridgehead atoms. The van der Waals surface area contributed by atoms with Gasteiger partial charge in [0.1, 0.15) is 5.76 Å². The molecule has 7 heteroatoms. The summed E-state index contributed by atoms with van der Waals surface area (Å²) in [6.07, 6.45) is 5.82. The fourth-order valence-corrected chi connectivity index (χ4v) is 3.83. The lowest BCUT2D eigenvalue weighted by Crippen LogP contribution is -2.39. The van der Waals surface area contributed by atoms with Gasteiger partial charge in [0.25, 0.3) is 5.91 Å². The molecule has 0 aliphatic carbocycles. The van der Waals surface area contributed by atoms with Gasteiger partial charge in [-0.2, -0.15) is 0 Å². The third kappa shape index (κ3) is 4.59. The van der Waals surface area contributed by atoms with Crippen molar-refractivity contribution in [3.8, 4) is 5.88 Å². The molecule has 1 atom stereocenters. The molecule has 0 saturated carbocycles. The summed E-state index contributed by atoms with van der Waals surface area (Å²) in [6, 6.07) is 11.2. The third-order valence-electron chi connectivity index (χ3n) is 5.09. The summed E-state index contributed by atoms with van der Waals surface area (Å²) in [5.41, 5.74) is 1.63. The van der Waals surface area contributed by atoms with Gasteiger partial charge < -0.3 is 14.1 Å². The number of hydrogen-bond acceptors (Lipinski definition) is 5. The number of aromatic nitrogens is 2. The van der Waals surface area contributed by atoms with Crippen LogP contribution in [0.15, 0.2) is 53.2 Å². The number of carbonyl (C=O) groups excluding carboxylic acids is 1. The third-order valence-corrected chi connectivity index (χ3v) is 5.32. The Bertz CT molecular complexity index is 987. The molecule has 0 N–H and O–H groups in total. The SMILES string of the molecule is COc1ccc(C(=O)N2CCCC(c3ncc(Cc4cccc(Cl)c4)o3)C2)cn1. The first kappa shape index (κ1) is 19.5. The molecular weight excluding hydrogens is 390 g/mol. The van der Waals surface area contributed by atoms with E-state index in [-0.39, 0.29) is 11.8 Å². The first-order chi connectivity index (χ1) is 14.1. The second-order valence-corrected chi connectivity index (χ2v) is 7.59. The number of methoxy groups -OCH3 is 1. The lowest BCUT2D eigenvalue weighted by molar-refractivity contribution is 0.0697. The van der Waals surface area contributed by atoms with Crippen LogP contribution in [0.25, 0.3) is 0 Å². The zero-order chi connectivity index (χ0) is 20.2. The van der Waals surface area contributed by atoms with Crippen molar-refractivity contribution < 1.29 is 13.9 Å². The van der Waals surface area contributed by atoms with Crippen LogP contribution in [0.3, 0.4) is 0 Å². The van der Waals surface area contributed by atoms with Crippen molar-refractivity contribution in [2.45, 2.75) is 25.2 Å². The second-order valence-electron chi connectivity index (χ2n) is 7.15. The van der Waals surface area contributed by atoms with E-state index in [1.165, 1.54) is 0 Å². The number of pyridine rings is 1. The number of likely N-dealkylation sites (tertiary alicyclic amines) is 1. The van der Waals surface area contributed by atoms with E-state index in [1.54, 1.807) is 31.6 Å². The van der Waals surface area contributed by atoms with Gasteiger partial charge >= 0.3 is 0 Å². The molecule has 29 heavy (non-hydrogen) atoms. The molecule has 1 aliphatic rings. The molecule has 0 radical (unpaired) electrons. The van der Waals surface area contributed by atoms with Gasteiger partial charge in [-0.1, -0.05) is 23.7 Å². The van der Waals surface area contributed by atoms with Gasteiger partial charge in [-0.25, -0.2) is 9.97 Å². The number of nitrogens with zero attached hydrogens (tertiary/aromatic N) is 3. The molecule has 1 unspecified atom stereocenters. The first-order valence-electron chi connectivity index (χ1n) is 9.61. The molecule has 0 spiro atoms. The molecule has 2 aromatic heterocycles. The van der Waals surface area contributed by atoms with Crippen LogP contribution in [-0.4, -0.2) is 41.0 Å². The van der Waals surface area contributed by atoms with Crippen LogP contribution in [0.2, 0.25) is 5.02 Å². The molecule has 1 saturated heterocycles. The Hall–Kier alpha value is -2.86. The van der Waals surface area contributed by atoms with E-state index < -0.39 is 0 Å². The average molecular weight is 412 g/mol. The van der Waals surface area contributed by atoms with Crippen LogP contribution in [0.1, 0.15) is 46.3 Å². The minimum absolute atomic E-state index is 0.0319. The first-order valence-corrected chi connectivity index (χ1v) is 9.98. The quantitative estimate of drug-likeness (QED) is 0.624. The van der Waals surface area contributed by atoms with Crippen LogP contribution >= 0.6 is 11.6 Å². The minimum Gasteiger partial charge on any atom is -0.481 e. The maximum absolute atomic E-state index is 12.8. The predicted molar refractivity (Wildman–Crippen MR) is 109 cm³/mol. The molecule has 6 nitrogen and oxygen atoms in total. The minimum atomic E-state index is -0.0319. The van der Waals surface area contributed by atoms with Gasteiger partial charge in [-0.3, -0.25) is 4.79 Å². The van der Waals surface area contributed by atoms with E-state index in [9.17, 15) is 4.79 Å². The van der Waals surface area contributed by atoms with E-state index in [2.05, 4.69) is 9.97 Å². The summed E-state index contributed by atoms with van der Waals surface area (Å²) in [7, 11) is 1.55. The standard InChI is InChI=1S/C22H22ClN3O3/c1-28-20-8-7-16(12-24-20)22(27)26-9-3-5-17(14-26)21-25-13-19(29-21)11-15-4-2-6-18(23)10-15/h2,4,6-8,10,12-13,17H,3,5,9,11,14H2,1H3. The van der Waals surface area contributed by atoms with Gasteiger partial charge in [-0.05, 0) is 36.6 Å². The average Bonchev–Trinajstić information content (AvgIpc) is 3.22. The molecular formula is C22H22ClN3O3. The Morgan fingerprint density at radius 3 is 2.93 bits per heavy atom. The number of amides is 1. The van der Waals surface area contributed by atoms with E-state index in [4.69, 9.17) is 20.8 Å². The lowest BCUT2D eigenvalue weighted by atomic mass is 9.97. The zero-order valence-corrected chi connectivity index (χ0v) is 16.9. The predicted octanol–water partition coefficient (Wildman–Crippen LogP) is 4.34. The van der Waals surface area contributed by atoms with Crippen LogP contribution in [-0.2, 0) is 6.42 Å². The number of piperidine rings is 1. The molecule has 1 fully saturated rings. The number of halogens is 1. The van der Waals surface area contributed by atoms with Crippen molar-refractivity contribution >= 4 is 17.5 Å². The number of rotatable bonds is 5. The summed E-state index contributed by atoms with van der Waals surface area (Å²) < 4.78 is 11.1. The lowest BCUT2D eigenvalue weighted by Gasteiger charge is -2.31. The second kappa shape index (κ2) is 8.66. The molecule has 3 heterocycles. The highest BCUT2D eigenvalue weighted by molar-refractivity contribution is 6.30. The number of hydrogen-bond donors (Lipinski definition) is 0. The summed E-state index contributed by atoms with van der Waals surface area (Å²) in [4.78, 5) is 23.3. The van der Waals surface area contributed by atoms with E-state index in [1.807, 2.05) is 29.2 Å². The Morgan fingerprint density at radius 1 is 1.28 bits per heavy atom. The summed E-state index contributed by atoms with van der Waals surface area (Å²) in [5.74, 6) is 2.03. The molecule has 1 aromatic carbocycles. The summed E-state index contributed by atoms with van der Waals surface area (Å²) >= 11 is 6.06. The van der Waals surface area contributed by atoms with E-state index >= 15 is 0 Å². The Labute approximate surface area is 174 Å². The number of oxazole rings is 1. The Morgan fingerprint density at radius 2 is 2.17 bits per heavy atom. The topological polar surface area (TPSA) is 68.5 Å². The van der Waals surface area contributed by atoms with Crippen LogP contribution in [0.5, 0.6) is 5.88 Å². The summed E-state index contributed by atoms with van der Waals surface area (Å²) in [5, 5.41) is 0.705. The van der Waals surface area contributed by atoms with Crippen molar-refractivity contribution in [2.75, 3.05) is 20.2 Å². The van der Waals surface area contributed by atoms with Gasteiger partial charge in [-0.15, -0.1) is 0 Å². The van der Waals surface area contributed by atoms with Crippen LogP contribution < -0.4 is 4.74 Å². The fraction of sp³-hybridized carbons (Fsp3) is 0.318. The highest BCUT2D eigenvalue weighted by Gasteiger charge is 2.28. The summed E-state index contributed by atoms with van der Waals surface area (Å²) in [6.45, 7) is 1.30. The largest absolute Gasteiger partial charge is 0.481 e. The van der Waals surface area contributed by atoms with E-state index in [0.717, 1.165) is 30.7 Å². The maximum Gasteiger partial charge on any atom is 0.255 e. The monoisotopic (exact) mass is 411 g/mol. The number of benzene rings is 1. The zero-order valence-electron chi connectivity index (χ0n) is 16.2. The molecule has 3 aromatic rings. The fourth-order valence-electron chi connectivity index (χ4n) is 3.61. The highest BCUT2D eigenvalue weighted by Crippen LogP contribution is 2.28. The molecule has 4 rings (SSSR count). The van der Waals surface area contributed by atoms with E-state index in [0.29, 0.717) is 35.3 Å². The number of ether oxygens (including phenoxy) is 1. The maximum atomic E-state index is 12.8. The van der Waals surface area contributed by atoms with Gasteiger partial charge in [0.2, 0.25) is 5.88 Å². The molecule has 1 aliphatic heterocycles. The van der Waals surface area contributed by atoms with Crippen molar-refractivity contribution in [1.29, 1.82) is 0 Å². The number of carbonyl (C=O) groups is 1. The van der Waals surface area contributed by atoms with Crippen molar-refractivity contribution in [2.24, 2.45) is 0 Å². The molecule has 1 amide bonds. The smallest absolute Gasteiger partial charge is 0.255 e.